The molecule has 4 aromatic rings. The van der Waals surface area contributed by atoms with Crippen LogP contribution in [0.15, 0.2) is 84.9 Å². The summed E-state index contributed by atoms with van der Waals surface area (Å²) in [5.74, 6) is 4.21. The van der Waals surface area contributed by atoms with Gasteiger partial charge in [0.2, 0.25) is 0 Å². The molecule has 2 aliphatic heterocycles. The Bertz CT molecular complexity index is 1820. The normalized spacial score (nSPS) is 18.3. The van der Waals surface area contributed by atoms with Crippen molar-refractivity contribution in [2.45, 2.75) is 116 Å². The van der Waals surface area contributed by atoms with Crippen LogP contribution >= 0.6 is 0 Å². The average molecular weight is 751 g/mol. The number of epoxide rings is 2. The van der Waals surface area contributed by atoms with E-state index in [9.17, 15) is 5.11 Å². The molecule has 4 aromatic carbocycles. The van der Waals surface area contributed by atoms with Crippen molar-refractivity contribution >= 4 is 0 Å². The van der Waals surface area contributed by atoms with E-state index in [0.717, 1.165) is 49.1 Å². The van der Waals surface area contributed by atoms with E-state index in [-0.39, 0.29) is 29.6 Å². The zero-order valence-electron chi connectivity index (χ0n) is 34.2. The zero-order valence-corrected chi connectivity index (χ0v) is 34.2. The summed E-state index contributed by atoms with van der Waals surface area (Å²) in [5.41, 5.74) is 6.96. The number of aliphatic hydroxyl groups excluding tert-OH is 1. The lowest BCUT2D eigenvalue weighted by Crippen LogP contribution is -2.21. The number of ether oxygens (including phenoxy) is 6. The molecule has 296 valence electrons. The highest BCUT2D eigenvalue weighted by atomic mass is 16.6. The Kier molecular flexibility index (Phi) is 13.2. The second-order valence-corrected chi connectivity index (χ2v) is 16.6. The van der Waals surface area contributed by atoms with Crippen LogP contribution in [-0.4, -0.2) is 63.1 Å². The van der Waals surface area contributed by atoms with E-state index in [2.05, 4.69) is 116 Å². The van der Waals surface area contributed by atoms with E-state index in [4.69, 9.17) is 28.4 Å². The fraction of sp³-hybridized carbons (Fsp3) is 0.500. The molecule has 0 aliphatic carbocycles. The Morgan fingerprint density at radius 3 is 1.40 bits per heavy atom. The third-order valence-electron chi connectivity index (χ3n) is 11.7. The monoisotopic (exact) mass is 750 g/mol. The van der Waals surface area contributed by atoms with Gasteiger partial charge in [-0.2, -0.15) is 0 Å². The second-order valence-electron chi connectivity index (χ2n) is 16.6. The molecule has 2 saturated heterocycles. The molecule has 0 radical (unpaired) electrons. The minimum Gasteiger partial charge on any atom is -0.493 e. The van der Waals surface area contributed by atoms with Crippen LogP contribution < -0.4 is 18.9 Å². The molecule has 2 fully saturated rings. The number of benzene rings is 4. The van der Waals surface area contributed by atoms with Gasteiger partial charge < -0.3 is 33.5 Å². The topological polar surface area (TPSA) is 82.2 Å². The van der Waals surface area contributed by atoms with Crippen LogP contribution in [0.2, 0.25) is 0 Å². The minimum atomic E-state index is -0.649. The smallest absolute Gasteiger partial charge is 0.122 e. The molecule has 2 aliphatic rings. The Labute approximate surface area is 329 Å². The summed E-state index contributed by atoms with van der Waals surface area (Å²) in [4.78, 5) is 0. The largest absolute Gasteiger partial charge is 0.493 e. The first kappa shape index (κ1) is 40.6. The van der Waals surface area contributed by atoms with Crippen molar-refractivity contribution in [1.82, 2.24) is 0 Å². The molecule has 0 spiro atoms. The quantitative estimate of drug-likeness (QED) is 0.0849. The van der Waals surface area contributed by atoms with E-state index < -0.39 is 6.10 Å². The summed E-state index contributed by atoms with van der Waals surface area (Å²) in [6.45, 7) is 21.3. The lowest BCUT2D eigenvalue weighted by Gasteiger charge is -2.28. The van der Waals surface area contributed by atoms with Crippen LogP contribution in [0.4, 0.5) is 0 Å². The third kappa shape index (κ3) is 10.4. The highest BCUT2D eigenvalue weighted by Gasteiger charge is 2.29. The van der Waals surface area contributed by atoms with Gasteiger partial charge in [-0.25, -0.2) is 0 Å². The van der Waals surface area contributed by atoms with Crippen molar-refractivity contribution in [2.24, 2.45) is 0 Å². The van der Waals surface area contributed by atoms with Crippen molar-refractivity contribution < 1.29 is 33.5 Å². The Morgan fingerprint density at radius 2 is 1.00 bits per heavy atom. The van der Waals surface area contributed by atoms with Gasteiger partial charge in [0.05, 0.1) is 25.9 Å². The minimum absolute atomic E-state index is 0.196. The predicted molar refractivity (Wildman–Crippen MR) is 220 cm³/mol. The standard InChI is InChI=1S/C48H62O7/c1-9-32(3)43-25-36(15-21-45(43)54-30-41-28-52-41)47(5,6)34-11-17-39(18-12-34)50-24-23-38(49)27-51-40-19-13-35(14-20-40)48(7,8)37-16-22-46(55-31-42-29-53-42)44(26-37)33(4)10-2/h11-22,25-26,32-33,38,41-42,49H,9-10,23-24,27-31H2,1-8H3. The molecule has 0 bridgehead atoms. The van der Waals surface area contributed by atoms with Gasteiger partial charge in [0.15, 0.2) is 0 Å². The fourth-order valence-electron chi connectivity index (χ4n) is 6.90. The van der Waals surface area contributed by atoms with Crippen molar-refractivity contribution in [3.8, 4) is 23.0 Å². The molecule has 0 saturated carbocycles. The van der Waals surface area contributed by atoms with Gasteiger partial charge >= 0.3 is 0 Å². The highest BCUT2D eigenvalue weighted by molar-refractivity contribution is 5.48. The molecule has 7 nitrogen and oxygen atoms in total. The lowest BCUT2D eigenvalue weighted by molar-refractivity contribution is 0.0857. The van der Waals surface area contributed by atoms with Gasteiger partial charge in [-0.05, 0) is 94.5 Å². The van der Waals surface area contributed by atoms with E-state index in [0.29, 0.717) is 38.1 Å². The molecule has 1 N–H and O–H groups in total. The first-order valence-corrected chi connectivity index (χ1v) is 20.3. The molecular weight excluding hydrogens is 689 g/mol. The van der Waals surface area contributed by atoms with E-state index in [1.165, 1.54) is 33.4 Å². The number of rotatable bonds is 21. The first-order chi connectivity index (χ1) is 26.4. The van der Waals surface area contributed by atoms with Crippen LogP contribution in [0.5, 0.6) is 23.0 Å². The molecule has 55 heavy (non-hydrogen) atoms. The lowest BCUT2D eigenvalue weighted by atomic mass is 9.77. The molecule has 0 amide bonds. The van der Waals surface area contributed by atoms with Crippen molar-refractivity contribution in [1.29, 1.82) is 0 Å². The predicted octanol–water partition coefficient (Wildman–Crippen LogP) is 10.1. The summed E-state index contributed by atoms with van der Waals surface area (Å²) in [6, 6.07) is 29.7. The summed E-state index contributed by atoms with van der Waals surface area (Å²) < 4.78 is 35.0. The number of aliphatic hydroxyl groups is 1. The van der Waals surface area contributed by atoms with Crippen LogP contribution in [0, 0.1) is 0 Å². The van der Waals surface area contributed by atoms with Crippen LogP contribution in [-0.2, 0) is 20.3 Å². The molecule has 2 heterocycles. The SMILES string of the molecule is CCC(C)c1cc(C(C)(C)c2ccc(OCCC(O)COc3ccc(C(C)(C)c4ccc(OCC5CO5)c(C(C)CC)c4)cc3)cc2)ccc1OCC1CO1. The van der Waals surface area contributed by atoms with E-state index in [1.54, 1.807) is 0 Å². The summed E-state index contributed by atoms with van der Waals surface area (Å²) >= 11 is 0. The highest BCUT2D eigenvalue weighted by Crippen LogP contribution is 2.40. The Balaban J connectivity index is 0.982. The zero-order chi connectivity index (χ0) is 39.2. The van der Waals surface area contributed by atoms with Crippen molar-refractivity contribution in [3.05, 3.63) is 118 Å². The fourth-order valence-corrected chi connectivity index (χ4v) is 6.90. The summed E-state index contributed by atoms with van der Waals surface area (Å²) in [5, 5.41) is 10.7. The molecule has 0 aromatic heterocycles. The van der Waals surface area contributed by atoms with Gasteiger partial charge in [-0.15, -0.1) is 0 Å². The maximum Gasteiger partial charge on any atom is 0.122 e. The number of hydrogen-bond acceptors (Lipinski definition) is 7. The van der Waals surface area contributed by atoms with Crippen LogP contribution in [0.25, 0.3) is 0 Å². The van der Waals surface area contributed by atoms with Gasteiger partial charge in [0.1, 0.15) is 55.0 Å². The summed E-state index contributed by atoms with van der Waals surface area (Å²) in [7, 11) is 0. The van der Waals surface area contributed by atoms with E-state index >= 15 is 0 Å². The molecule has 5 atom stereocenters. The molecule has 5 unspecified atom stereocenters. The van der Waals surface area contributed by atoms with Crippen molar-refractivity contribution in [3.63, 3.8) is 0 Å². The van der Waals surface area contributed by atoms with Gasteiger partial charge in [0.25, 0.3) is 0 Å². The van der Waals surface area contributed by atoms with Gasteiger partial charge in [0, 0.05) is 17.3 Å². The van der Waals surface area contributed by atoms with Crippen LogP contribution in [0.3, 0.4) is 0 Å². The Hall–Kier alpha value is -4.04. The third-order valence-corrected chi connectivity index (χ3v) is 11.7. The molecular formula is C48H62O7. The maximum atomic E-state index is 10.7. The molecule has 6 rings (SSSR count). The van der Waals surface area contributed by atoms with Crippen molar-refractivity contribution in [2.75, 3.05) is 39.6 Å². The Morgan fingerprint density at radius 1 is 0.600 bits per heavy atom. The van der Waals surface area contributed by atoms with Gasteiger partial charge in [-0.1, -0.05) is 104 Å². The summed E-state index contributed by atoms with van der Waals surface area (Å²) in [6.07, 6.45) is 2.36. The molecule has 7 heteroatoms. The number of hydrogen-bond donors (Lipinski definition) is 1. The van der Waals surface area contributed by atoms with Gasteiger partial charge in [-0.3, -0.25) is 0 Å². The first-order valence-electron chi connectivity index (χ1n) is 20.3. The van der Waals surface area contributed by atoms with E-state index in [1.807, 2.05) is 24.3 Å². The maximum absolute atomic E-state index is 10.7. The second kappa shape index (κ2) is 17.8. The van der Waals surface area contributed by atoms with Crippen LogP contribution in [0.1, 0.15) is 120 Å². The average Bonchev–Trinajstić information content (AvgIpc) is 4.15.